The van der Waals surface area contributed by atoms with E-state index in [0.29, 0.717) is 6.04 Å². The number of nitrogens with zero attached hydrogens (tertiary/aromatic N) is 4. The number of imidazole rings is 1. The van der Waals surface area contributed by atoms with E-state index >= 15 is 0 Å². The van der Waals surface area contributed by atoms with Crippen molar-refractivity contribution in [2.24, 2.45) is 7.05 Å². The van der Waals surface area contributed by atoms with E-state index in [1.54, 1.807) is 0 Å². The van der Waals surface area contributed by atoms with Crippen LogP contribution in [0.15, 0.2) is 24.7 Å². The SMILES string of the molecule is CCCNC(Cc1ccn(C(C)C)n1)c1nccn1C. The van der Waals surface area contributed by atoms with Crippen LogP contribution >= 0.6 is 0 Å². The highest BCUT2D eigenvalue weighted by molar-refractivity contribution is 5.08. The average Bonchev–Trinajstić information content (AvgIpc) is 3.03. The van der Waals surface area contributed by atoms with Gasteiger partial charge in [-0.2, -0.15) is 5.10 Å². The summed E-state index contributed by atoms with van der Waals surface area (Å²) in [5.41, 5.74) is 1.11. The maximum atomic E-state index is 4.64. The van der Waals surface area contributed by atoms with E-state index in [4.69, 9.17) is 0 Å². The Bertz CT molecular complexity index is 526. The molecule has 0 spiro atoms. The summed E-state index contributed by atoms with van der Waals surface area (Å²) in [6, 6.07) is 2.72. The number of aryl methyl sites for hydroxylation is 1. The van der Waals surface area contributed by atoms with Crippen molar-refractivity contribution < 1.29 is 0 Å². The fourth-order valence-corrected chi connectivity index (χ4v) is 2.27. The third-order valence-corrected chi connectivity index (χ3v) is 3.42. The zero-order valence-electron chi connectivity index (χ0n) is 12.9. The normalized spacial score (nSPS) is 13.1. The predicted molar refractivity (Wildman–Crippen MR) is 80.6 cm³/mol. The quantitative estimate of drug-likeness (QED) is 0.844. The molecule has 2 aromatic heterocycles. The summed E-state index contributed by atoms with van der Waals surface area (Å²) >= 11 is 0. The summed E-state index contributed by atoms with van der Waals surface area (Å²) in [5, 5.41) is 8.20. The molecular weight excluding hydrogens is 250 g/mol. The largest absolute Gasteiger partial charge is 0.337 e. The van der Waals surface area contributed by atoms with E-state index in [0.717, 1.165) is 30.9 Å². The summed E-state index contributed by atoms with van der Waals surface area (Å²) < 4.78 is 4.08. The Hall–Kier alpha value is -1.62. The molecule has 0 amide bonds. The Morgan fingerprint density at radius 1 is 1.30 bits per heavy atom. The molecule has 0 aliphatic rings. The van der Waals surface area contributed by atoms with Gasteiger partial charge < -0.3 is 9.88 Å². The molecule has 2 heterocycles. The summed E-state index contributed by atoms with van der Waals surface area (Å²) in [5.74, 6) is 1.07. The highest BCUT2D eigenvalue weighted by Crippen LogP contribution is 2.16. The van der Waals surface area contributed by atoms with Crippen LogP contribution < -0.4 is 5.32 Å². The molecule has 0 aliphatic carbocycles. The third kappa shape index (κ3) is 3.48. The molecule has 1 N–H and O–H groups in total. The molecule has 1 unspecified atom stereocenters. The van der Waals surface area contributed by atoms with Crippen molar-refractivity contribution in [2.45, 2.75) is 45.7 Å². The lowest BCUT2D eigenvalue weighted by Gasteiger charge is -2.17. The molecule has 110 valence electrons. The second kappa shape index (κ2) is 6.70. The summed E-state index contributed by atoms with van der Waals surface area (Å²) in [4.78, 5) is 4.47. The molecule has 0 saturated carbocycles. The summed E-state index contributed by atoms with van der Waals surface area (Å²) in [6.45, 7) is 7.45. The standard InChI is InChI=1S/C15H25N5/c1-5-7-16-14(15-17-8-10-19(15)4)11-13-6-9-20(18-13)12(2)3/h6,8-10,12,14,16H,5,7,11H2,1-4H3. The number of hydrogen-bond acceptors (Lipinski definition) is 3. The van der Waals surface area contributed by atoms with Crippen LogP contribution in [0.4, 0.5) is 0 Å². The first-order valence-electron chi connectivity index (χ1n) is 7.36. The fraction of sp³-hybridized carbons (Fsp3) is 0.600. The van der Waals surface area contributed by atoms with E-state index in [1.807, 2.05) is 24.1 Å². The van der Waals surface area contributed by atoms with E-state index in [-0.39, 0.29) is 6.04 Å². The topological polar surface area (TPSA) is 47.7 Å². The first-order chi connectivity index (χ1) is 9.61. The van der Waals surface area contributed by atoms with E-state index < -0.39 is 0 Å². The van der Waals surface area contributed by atoms with Gasteiger partial charge in [0.2, 0.25) is 0 Å². The van der Waals surface area contributed by atoms with Crippen LogP contribution in [-0.4, -0.2) is 25.9 Å². The van der Waals surface area contributed by atoms with Gasteiger partial charge in [0.15, 0.2) is 0 Å². The van der Waals surface area contributed by atoms with Crippen LogP contribution in [0.5, 0.6) is 0 Å². The highest BCUT2D eigenvalue weighted by Gasteiger charge is 2.17. The van der Waals surface area contributed by atoms with Gasteiger partial charge in [-0.1, -0.05) is 6.92 Å². The van der Waals surface area contributed by atoms with Crippen molar-refractivity contribution in [3.63, 3.8) is 0 Å². The first-order valence-corrected chi connectivity index (χ1v) is 7.36. The molecular formula is C15H25N5. The lowest BCUT2D eigenvalue weighted by molar-refractivity contribution is 0.476. The highest BCUT2D eigenvalue weighted by atomic mass is 15.3. The van der Waals surface area contributed by atoms with Gasteiger partial charge in [-0.3, -0.25) is 4.68 Å². The second-order valence-corrected chi connectivity index (χ2v) is 5.49. The molecule has 0 saturated heterocycles. The van der Waals surface area contributed by atoms with E-state index in [1.165, 1.54) is 0 Å². The molecule has 0 aliphatic heterocycles. The van der Waals surface area contributed by atoms with Crippen molar-refractivity contribution in [1.82, 2.24) is 24.6 Å². The minimum absolute atomic E-state index is 0.213. The molecule has 5 nitrogen and oxygen atoms in total. The van der Waals surface area contributed by atoms with Gasteiger partial charge in [-0.25, -0.2) is 4.98 Å². The fourth-order valence-electron chi connectivity index (χ4n) is 2.27. The van der Waals surface area contributed by atoms with Crippen molar-refractivity contribution in [3.05, 3.63) is 36.2 Å². The average molecular weight is 275 g/mol. The molecule has 5 heteroatoms. The monoisotopic (exact) mass is 275 g/mol. The lowest BCUT2D eigenvalue weighted by atomic mass is 10.1. The predicted octanol–water partition coefficient (Wildman–Crippen LogP) is 2.48. The van der Waals surface area contributed by atoms with Gasteiger partial charge >= 0.3 is 0 Å². The van der Waals surface area contributed by atoms with Crippen molar-refractivity contribution >= 4 is 0 Å². The van der Waals surface area contributed by atoms with Gasteiger partial charge in [0.25, 0.3) is 0 Å². The van der Waals surface area contributed by atoms with Crippen LogP contribution in [0, 0.1) is 0 Å². The van der Waals surface area contributed by atoms with Gasteiger partial charge in [0, 0.05) is 38.1 Å². The molecule has 1 atom stereocenters. The molecule has 0 bridgehead atoms. The van der Waals surface area contributed by atoms with Gasteiger partial charge in [-0.05, 0) is 32.9 Å². The molecule has 0 fully saturated rings. The van der Waals surface area contributed by atoms with E-state index in [2.05, 4.69) is 53.0 Å². The number of hydrogen-bond donors (Lipinski definition) is 1. The van der Waals surface area contributed by atoms with Crippen molar-refractivity contribution in [1.29, 1.82) is 0 Å². The molecule has 0 aromatic carbocycles. The number of rotatable bonds is 7. The molecule has 20 heavy (non-hydrogen) atoms. The van der Waals surface area contributed by atoms with Crippen molar-refractivity contribution in [2.75, 3.05) is 6.54 Å². The minimum atomic E-state index is 0.213. The van der Waals surface area contributed by atoms with Gasteiger partial charge in [0.05, 0.1) is 11.7 Å². The van der Waals surface area contributed by atoms with Gasteiger partial charge in [-0.15, -0.1) is 0 Å². The van der Waals surface area contributed by atoms with Crippen LogP contribution in [0.3, 0.4) is 0 Å². The Balaban J connectivity index is 2.12. The van der Waals surface area contributed by atoms with Crippen LogP contribution in [0.1, 0.15) is 50.8 Å². The minimum Gasteiger partial charge on any atom is -0.337 e. The molecule has 0 radical (unpaired) electrons. The zero-order chi connectivity index (χ0) is 14.5. The number of nitrogens with one attached hydrogen (secondary N) is 1. The van der Waals surface area contributed by atoms with Crippen molar-refractivity contribution in [3.8, 4) is 0 Å². The Morgan fingerprint density at radius 2 is 2.10 bits per heavy atom. The smallest absolute Gasteiger partial charge is 0.125 e. The zero-order valence-corrected chi connectivity index (χ0v) is 12.9. The lowest BCUT2D eigenvalue weighted by Crippen LogP contribution is -2.26. The Morgan fingerprint density at radius 3 is 2.65 bits per heavy atom. The molecule has 2 rings (SSSR count). The molecule has 2 aromatic rings. The first kappa shape index (κ1) is 14.8. The Kier molecular flexibility index (Phi) is 4.95. The third-order valence-electron chi connectivity index (χ3n) is 3.42. The summed E-state index contributed by atoms with van der Waals surface area (Å²) in [7, 11) is 2.04. The van der Waals surface area contributed by atoms with Gasteiger partial charge in [0.1, 0.15) is 5.82 Å². The maximum absolute atomic E-state index is 4.64. The second-order valence-electron chi connectivity index (χ2n) is 5.49. The Labute approximate surface area is 121 Å². The van der Waals surface area contributed by atoms with E-state index in [9.17, 15) is 0 Å². The van der Waals surface area contributed by atoms with Crippen LogP contribution in [0.25, 0.3) is 0 Å². The van der Waals surface area contributed by atoms with Crippen LogP contribution in [0.2, 0.25) is 0 Å². The summed E-state index contributed by atoms with van der Waals surface area (Å²) in [6.07, 6.45) is 7.87. The van der Waals surface area contributed by atoms with Crippen LogP contribution in [-0.2, 0) is 13.5 Å². The number of aromatic nitrogens is 4. The maximum Gasteiger partial charge on any atom is 0.125 e.